The van der Waals surface area contributed by atoms with Crippen molar-refractivity contribution < 1.29 is 9.32 Å². The van der Waals surface area contributed by atoms with Crippen LogP contribution in [-0.2, 0) is 6.54 Å². The van der Waals surface area contributed by atoms with Crippen LogP contribution in [0.15, 0.2) is 28.8 Å². The van der Waals surface area contributed by atoms with Gasteiger partial charge in [-0.3, -0.25) is 0 Å². The van der Waals surface area contributed by atoms with E-state index < -0.39 is 0 Å². The normalized spacial score (nSPS) is 15.2. The van der Waals surface area contributed by atoms with E-state index in [0.717, 1.165) is 12.8 Å². The van der Waals surface area contributed by atoms with Crippen LogP contribution in [0.25, 0.3) is 11.4 Å². The molecule has 128 valence electrons. The predicted octanol–water partition coefficient (Wildman–Crippen LogP) is 3.86. The minimum atomic E-state index is -0.112. The molecular formula is C17H21ClN4O2. The van der Waals surface area contributed by atoms with Gasteiger partial charge in [0.1, 0.15) is 6.54 Å². The van der Waals surface area contributed by atoms with Gasteiger partial charge in [0.15, 0.2) is 0 Å². The fourth-order valence-electron chi connectivity index (χ4n) is 2.88. The Bertz CT molecular complexity index is 697. The average Bonchev–Trinajstić information content (AvgIpc) is 3.04. The van der Waals surface area contributed by atoms with E-state index in [1.165, 1.54) is 19.3 Å². The van der Waals surface area contributed by atoms with Crippen LogP contribution in [0.3, 0.4) is 0 Å². The monoisotopic (exact) mass is 348 g/mol. The maximum atomic E-state index is 12.3. The summed E-state index contributed by atoms with van der Waals surface area (Å²) in [6.45, 7) is 0.260. The number of nitrogens with zero attached hydrogens (tertiary/aromatic N) is 3. The summed E-state index contributed by atoms with van der Waals surface area (Å²) in [5, 5.41) is 7.57. The summed E-state index contributed by atoms with van der Waals surface area (Å²) < 4.78 is 5.24. The predicted molar refractivity (Wildman–Crippen MR) is 91.6 cm³/mol. The molecule has 1 aromatic carbocycles. The second kappa shape index (κ2) is 7.66. The highest BCUT2D eigenvalue weighted by Crippen LogP contribution is 2.25. The molecule has 1 aliphatic carbocycles. The average molecular weight is 349 g/mol. The van der Waals surface area contributed by atoms with E-state index in [1.807, 2.05) is 18.2 Å². The molecule has 0 aliphatic heterocycles. The van der Waals surface area contributed by atoms with Gasteiger partial charge in [0, 0.05) is 18.7 Å². The van der Waals surface area contributed by atoms with E-state index in [9.17, 15) is 4.79 Å². The Balaban J connectivity index is 1.59. The molecular weight excluding hydrogens is 328 g/mol. The summed E-state index contributed by atoms with van der Waals surface area (Å²) >= 11 is 6.14. The van der Waals surface area contributed by atoms with Gasteiger partial charge >= 0.3 is 6.03 Å². The molecule has 1 aromatic heterocycles. The number of amides is 2. The molecule has 2 aromatic rings. The van der Waals surface area contributed by atoms with Crippen molar-refractivity contribution in [1.29, 1.82) is 0 Å². The number of carbonyl (C=O) groups is 1. The number of urea groups is 1. The van der Waals surface area contributed by atoms with E-state index >= 15 is 0 Å². The Hall–Kier alpha value is -2.08. The van der Waals surface area contributed by atoms with Crippen molar-refractivity contribution in [3.8, 4) is 11.4 Å². The number of carbonyl (C=O) groups excluding carboxylic acids is 1. The second-order valence-corrected chi connectivity index (χ2v) is 6.54. The lowest BCUT2D eigenvalue weighted by Crippen LogP contribution is -2.43. The zero-order valence-corrected chi connectivity index (χ0v) is 14.4. The highest BCUT2D eigenvalue weighted by atomic mass is 35.5. The molecule has 6 nitrogen and oxygen atoms in total. The summed E-state index contributed by atoms with van der Waals surface area (Å²) in [5.74, 6) is 0.808. The third kappa shape index (κ3) is 4.06. The maximum absolute atomic E-state index is 12.3. The first-order valence-electron chi connectivity index (χ1n) is 8.22. The van der Waals surface area contributed by atoms with Crippen LogP contribution in [0.1, 0.15) is 38.0 Å². The molecule has 1 aliphatic rings. The Labute approximate surface area is 146 Å². The minimum absolute atomic E-state index is 0.112. The fourth-order valence-corrected chi connectivity index (χ4v) is 3.10. The lowest BCUT2D eigenvalue weighted by molar-refractivity contribution is 0.192. The van der Waals surface area contributed by atoms with Crippen LogP contribution in [0, 0.1) is 0 Å². The number of hydrogen-bond acceptors (Lipinski definition) is 4. The number of rotatable bonds is 4. The lowest BCUT2D eigenvalue weighted by atomic mass is 9.96. The van der Waals surface area contributed by atoms with Crippen molar-refractivity contribution >= 4 is 17.6 Å². The zero-order valence-electron chi connectivity index (χ0n) is 13.7. The molecule has 24 heavy (non-hydrogen) atoms. The van der Waals surface area contributed by atoms with Gasteiger partial charge in [0.25, 0.3) is 0 Å². The topological polar surface area (TPSA) is 71.3 Å². The summed E-state index contributed by atoms with van der Waals surface area (Å²) in [6, 6.07) is 7.47. The quantitative estimate of drug-likeness (QED) is 0.910. The Morgan fingerprint density at radius 3 is 2.83 bits per heavy atom. The van der Waals surface area contributed by atoms with E-state index in [0.29, 0.717) is 22.3 Å². The number of halogens is 1. The Kier molecular flexibility index (Phi) is 5.35. The molecule has 0 spiro atoms. The molecule has 0 atom stereocenters. The molecule has 0 radical (unpaired) electrons. The van der Waals surface area contributed by atoms with Gasteiger partial charge in [-0.05, 0) is 25.0 Å². The maximum Gasteiger partial charge on any atom is 0.317 e. The molecule has 7 heteroatoms. The molecule has 0 bridgehead atoms. The standard InChI is InChI=1S/C17H21ClN4O2/c1-22(17(23)19-12-7-3-2-4-8-12)11-15-20-16(21-24-15)13-9-5-6-10-14(13)18/h5-6,9-10,12H,2-4,7-8,11H2,1H3,(H,19,23). The molecule has 1 fully saturated rings. The van der Waals surface area contributed by atoms with E-state index in [-0.39, 0.29) is 18.6 Å². The van der Waals surface area contributed by atoms with Crippen molar-refractivity contribution in [1.82, 2.24) is 20.4 Å². The Morgan fingerprint density at radius 2 is 2.08 bits per heavy atom. The molecule has 0 unspecified atom stereocenters. The van der Waals surface area contributed by atoms with Crippen molar-refractivity contribution in [3.63, 3.8) is 0 Å². The van der Waals surface area contributed by atoms with Crippen LogP contribution in [0.4, 0.5) is 4.79 Å². The number of aromatic nitrogens is 2. The van der Waals surface area contributed by atoms with Crippen LogP contribution in [0.5, 0.6) is 0 Å². The van der Waals surface area contributed by atoms with Gasteiger partial charge in [-0.25, -0.2) is 4.79 Å². The fraction of sp³-hybridized carbons (Fsp3) is 0.471. The molecule has 3 rings (SSSR count). The first-order valence-corrected chi connectivity index (χ1v) is 8.60. The molecule has 0 saturated heterocycles. The summed E-state index contributed by atoms with van der Waals surface area (Å²) in [5.41, 5.74) is 0.712. The van der Waals surface area contributed by atoms with Gasteiger partial charge < -0.3 is 14.7 Å². The van der Waals surface area contributed by atoms with Gasteiger partial charge in [-0.1, -0.05) is 48.2 Å². The third-order valence-corrected chi connectivity index (χ3v) is 4.56. The molecule has 1 heterocycles. The zero-order chi connectivity index (χ0) is 16.9. The Morgan fingerprint density at radius 1 is 1.33 bits per heavy atom. The first kappa shape index (κ1) is 16.8. The van der Waals surface area contributed by atoms with Gasteiger partial charge in [-0.2, -0.15) is 4.98 Å². The highest BCUT2D eigenvalue weighted by Gasteiger charge is 2.20. The summed E-state index contributed by atoms with van der Waals surface area (Å²) in [6.07, 6.45) is 5.72. The highest BCUT2D eigenvalue weighted by molar-refractivity contribution is 6.33. The molecule has 1 N–H and O–H groups in total. The van der Waals surface area contributed by atoms with Gasteiger partial charge in [0.2, 0.25) is 11.7 Å². The summed E-state index contributed by atoms with van der Waals surface area (Å²) in [7, 11) is 1.72. The molecule has 1 saturated carbocycles. The smallest absolute Gasteiger partial charge is 0.317 e. The number of benzene rings is 1. The van der Waals surface area contributed by atoms with Crippen molar-refractivity contribution in [3.05, 3.63) is 35.2 Å². The van der Waals surface area contributed by atoms with Crippen LogP contribution in [0.2, 0.25) is 5.02 Å². The van der Waals surface area contributed by atoms with Crippen molar-refractivity contribution in [2.45, 2.75) is 44.7 Å². The SMILES string of the molecule is CN(Cc1nc(-c2ccccc2Cl)no1)C(=O)NC1CCCCC1. The van der Waals surface area contributed by atoms with E-state index in [1.54, 1.807) is 18.0 Å². The molecule has 2 amide bonds. The minimum Gasteiger partial charge on any atom is -0.337 e. The van der Waals surface area contributed by atoms with Crippen LogP contribution >= 0.6 is 11.6 Å². The van der Waals surface area contributed by atoms with Crippen molar-refractivity contribution in [2.24, 2.45) is 0 Å². The van der Waals surface area contributed by atoms with Gasteiger partial charge in [0.05, 0.1) is 5.02 Å². The van der Waals surface area contributed by atoms with E-state index in [2.05, 4.69) is 15.5 Å². The second-order valence-electron chi connectivity index (χ2n) is 6.13. The lowest BCUT2D eigenvalue weighted by Gasteiger charge is -2.25. The number of nitrogens with one attached hydrogen (secondary N) is 1. The number of hydrogen-bond donors (Lipinski definition) is 1. The van der Waals surface area contributed by atoms with Crippen LogP contribution in [-0.4, -0.2) is 34.2 Å². The third-order valence-electron chi connectivity index (χ3n) is 4.23. The largest absolute Gasteiger partial charge is 0.337 e. The summed E-state index contributed by atoms with van der Waals surface area (Å²) in [4.78, 5) is 18.1. The van der Waals surface area contributed by atoms with E-state index in [4.69, 9.17) is 16.1 Å². The van der Waals surface area contributed by atoms with Gasteiger partial charge in [-0.15, -0.1) is 0 Å². The van der Waals surface area contributed by atoms with Crippen molar-refractivity contribution in [2.75, 3.05) is 7.05 Å². The van der Waals surface area contributed by atoms with Crippen LogP contribution < -0.4 is 5.32 Å². The first-order chi connectivity index (χ1) is 11.6.